The average Bonchev–Trinajstić information content (AvgIpc) is 2.35. The van der Waals surface area contributed by atoms with Crippen LogP contribution < -0.4 is 15.8 Å². The number of ether oxygens (including phenoxy) is 1. The number of hydrogen-bond donors (Lipinski definition) is 3. The molecule has 0 aliphatic carbocycles. The number of nitrogens with two attached hydrogens (primary N) is 1. The van der Waals surface area contributed by atoms with Crippen LogP contribution in [-0.2, 0) is 11.2 Å². The highest BCUT2D eigenvalue weighted by molar-refractivity contribution is 5.72. The number of carbonyl (C=O) groups is 2. The molecule has 0 aliphatic heterocycles. The number of benzene rings is 1. The van der Waals surface area contributed by atoms with Crippen molar-refractivity contribution in [3.8, 4) is 5.75 Å². The summed E-state index contributed by atoms with van der Waals surface area (Å²) >= 11 is 0. The van der Waals surface area contributed by atoms with Crippen LogP contribution >= 0.6 is 0 Å². The van der Waals surface area contributed by atoms with Crippen LogP contribution in [0, 0.1) is 0 Å². The second kappa shape index (κ2) is 7.38. The smallest absolute Gasteiger partial charge is 0.412 e. The molecule has 1 aromatic carbocycles. The van der Waals surface area contributed by atoms with Gasteiger partial charge >= 0.3 is 12.1 Å². The zero-order valence-corrected chi connectivity index (χ0v) is 10.8. The molecule has 0 fully saturated rings. The molecule has 0 bridgehead atoms. The molecule has 0 aliphatic rings. The minimum atomic E-state index is -0.935. The summed E-state index contributed by atoms with van der Waals surface area (Å²) in [6.07, 6.45) is 0.0462. The molecule has 1 amide bonds. The fraction of sp³-hybridized carbons (Fsp3) is 0.385. The summed E-state index contributed by atoms with van der Waals surface area (Å²) < 4.78 is 5.03. The van der Waals surface area contributed by atoms with Crippen molar-refractivity contribution >= 4 is 12.1 Å². The fourth-order valence-electron chi connectivity index (χ4n) is 1.40. The van der Waals surface area contributed by atoms with Crippen LogP contribution in [-0.4, -0.2) is 29.8 Å². The first-order chi connectivity index (χ1) is 9.01. The average molecular weight is 266 g/mol. The summed E-state index contributed by atoms with van der Waals surface area (Å²) in [6, 6.07) is 6.30. The van der Waals surface area contributed by atoms with Crippen molar-refractivity contribution in [1.29, 1.82) is 0 Å². The van der Waals surface area contributed by atoms with Crippen LogP contribution in [0.2, 0.25) is 0 Å². The van der Waals surface area contributed by atoms with Gasteiger partial charge in [0.25, 0.3) is 0 Å². The summed E-state index contributed by atoms with van der Waals surface area (Å²) in [6.45, 7) is 2.26. The molecule has 0 spiro atoms. The van der Waals surface area contributed by atoms with Crippen molar-refractivity contribution in [2.45, 2.75) is 25.8 Å². The molecule has 0 unspecified atom stereocenters. The SMILES string of the molecule is CC[C@@H](N)CNC(=O)Oc1cccc(CC(=O)O)c1. The molecule has 0 saturated heterocycles. The lowest BCUT2D eigenvalue weighted by atomic mass is 10.1. The van der Waals surface area contributed by atoms with E-state index < -0.39 is 12.1 Å². The lowest BCUT2D eigenvalue weighted by molar-refractivity contribution is -0.136. The number of hydrogen-bond acceptors (Lipinski definition) is 4. The summed E-state index contributed by atoms with van der Waals surface area (Å²) in [5, 5.41) is 11.2. The van der Waals surface area contributed by atoms with Crippen molar-refractivity contribution in [3.63, 3.8) is 0 Å². The van der Waals surface area contributed by atoms with Gasteiger partial charge in [0.1, 0.15) is 5.75 Å². The van der Waals surface area contributed by atoms with E-state index in [4.69, 9.17) is 15.6 Å². The predicted octanol–water partition coefficient (Wildman–Crippen LogP) is 1.14. The van der Waals surface area contributed by atoms with Crippen molar-refractivity contribution in [2.24, 2.45) is 5.73 Å². The monoisotopic (exact) mass is 266 g/mol. The third-order valence-corrected chi connectivity index (χ3v) is 2.50. The molecule has 0 radical (unpaired) electrons. The lowest BCUT2D eigenvalue weighted by Crippen LogP contribution is -2.38. The van der Waals surface area contributed by atoms with E-state index in [1.54, 1.807) is 18.2 Å². The number of aliphatic carboxylic acids is 1. The summed E-state index contributed by atoms with van der Waals surface area (Å²) in [5.41, 5.74) is 6.23. The minimum Gasteiger partial charge on any atom is -0.481 e. The molecule has 104 valence electrons. The highest BCUT2D eigenvalue weighted by Crippen LogP contribution is 2.13. The Kier molecular flexibility index (Phi) is 5.81. The van der Waals surface area contributed by atoms with E-state index in [2.05, 4.69) is 5.32 Å². The normalized spacial score (nSPS) is 11.7. The van der Waals surface area contributed by atoms with E-state index in [9.17, 15) is 9.59 Å². The Morgan fingerprint density at radius 2 is 2.21 bits per heavy atom. The molecule has 0 aromatic heterocycles. The Hall–Kier alpha value is -2.08. The first-order valence-electron chi connectivity index (χ1n) is 6.03. The molecule has 6 heteroatoms. The van der Waals surface area contributed by atoms with Gasteiger partial charge in [0.05, 0.1) is 6.42 Å². The maximum Gasteiger partial charge on any atom is 0.412 e. The number of amides is 1. The zero-order valence-electron chi connectivity index (χ0n) is 10.8. The first kappa shape index (κ1) is 15.0. The second-order valence-electron chi connectivity index (χ2n) is 4.16. The quantitative estimate of drug-likeness (QED) is 0.716. The van der Waals surface area contributed by atoms with E-state index in [0.717, 1.165) is 6.42 Å². The number of carbonyl (C=O) groups excluding carboxylic acids is 1. The Bertz CT molecular complexity index is 448. The van der Waals surface area contributed by atoms with E-state index in [1.807, 2.05) is 6.92 Å². The van der Waals surface area contributed by atoms with Crippen LogP contribution in [0.3, 0.4) is 0 Å². The third-order valence-electron chi connectivity index (χ3n) is 2.50. The molecule has 1 rings (SSSR count). The van der Waals surface area contributed by atoms with Gasteiger partial charge in [-0.3, -0.25) is 4.79 Å². The van der Waals surface area contributed by atoms with Crippen LogP contribution in [0.4, 0.5) is 4.79 Å². The van der Waals surface area contributed by atoms with Gasteiger partial charge in [-0.15, -0.1) is 0 Å². The van der Waals surface area contributed by atoms with Gasteiger partial charge in [0.15, 0.2) is 0 Å². The molecule has 0 saturated carbocycles. The Labute approximate surface area is 111 Å². The van der Waals surface area contributed by atoms with Gasteiger partial charge in [0, 0.05) is 12.6 Å². The van der Waals surface area contributed by atoms with Gasteiger partial charge in [-0.25, -0.2) is 4.79 Å². The molecule has 1 aromatic rings. The van der Waals surface area contributed by atoms with Crippen LogP contribution in [0.5, 0.6) is 5.75 Å². The molecule has 19 heavy (non-hydrogen) atoms. The predicted molar refractivity (Wildman–Crippen MR) is 70.1 cm³/mol. The number of carboxylic acids is 1. The van der Waals surface area contributed by atoms with Gasteiger partial charge < -0.3 is 20.9 Å². The van der Waals surface area contributed by atoms with E-state index in [-0.39, 0.29) is 12.5 Å². The minimum absolute atomic E-state index is 0.106. The third kappa shape index (κ3) is 5.87. The van der Waals surface area contributed by atoms with Crippen molar-refractivity contribution in [1.82, 2.24) is 5.32 Å². The van der Waals surface area contributed by atoms with Gasteiger partial charge in [0.2, 0.25) is 0 Å². The number of carboxylic acid groups (broad SMARTS) is 1. The topological polar surface area (TPSA) is 102 Å². The standard InChI is InChI=1S/C13H18N2O4/c1-2-10(14)8-15-13(18)19-11-5-3-4-9(6-11)7-12(16)17/h3-6,10H,2,7-8,14H2,1H3,(H,15,18)(H,16,17)/t10-/m1/s1. The lowest BCUT2D eigenvalue weighted by Gasteiger charge is -2.10. The van der Waals surface area contributed by atoms with Crippen molar-refractivity contribution < 1.29 is 19.4 Å². The fourth-order valence-corrected chi connectivity index (χ4v) is 1.40. The van der Waals surface area contributed by atoms with Gasteiger partial charge in [-0.1, -0.05) is 19.1 Å². The van der Waals surface area contributed by atoms with Crippen LogP contribution in [0.15, 0.2) is 24.3 Å². The molecule has 0 heterocycles. The van der Waals surface area contributed by atoms with E-state index >= 15 is 0 Å². The van der Waals surface area contributed by atoms with Gasteiger partial charge in [-0.05, 0) is 24.1 Å². The Morgan fingerprint density at radius 1 is 1.47 bits per heavy atom. The van der Waals surface area contributed by atoms with Crippen molar-refractivity contribution in [3.05, 3.63) is 29.8 Å². The molecular weight excluding hydrogens is 248 g/mol. The maximum absolute atomic E-state index is 11.5. The second-order valence-corrected chi connectivity index (χ2v) is 4.16. The Morgan fingerprint density at radius 3 is 2.84 bits per heavy atom. The van der Waals surface area contributed by atoms with Crippen LogP contribution in [0.1, 0.15) is 18.9 Å². The summed E-state index contributed by atoms with van der Waals surface area (Å²) in [4.78, 5) is 22.0. The molecule has 4 N–H and O–H groups in total. The molecular formula is C13H18N2O4. The number of rotatable bonds is 6. The van der Waals surface area contributed by atoms with Gasteiger partial charge in [-0.2, -0.15) is 0 Å². The zero-order chi connectivity index (χ0) is 14.3. The first-order valence-corrected chi connectivity index (χ1v) is 6.03. The maximum atomic E-state index is 11.5. The summed E-state index contributed by atoms with van der Waals surface area (Å²) in [7, 11) is 0. The number of nitrogens with one attached hydrogen (secondary N) is 1. The van der Waals surface area contributed by atoms with E-state index in [0.29, 0.717) is 17.9 Å². The van der Waals surface area contributed by atoms with Crippen LogP contribution in [0.25, 0.3) is 0 Å². The molecule has 6 nitrogen and oxygen atoms in total. The van der Waals surface area contributed by atoms with Crippen molar-refractivity contribution in [2.75, 3.05) is 6.54 Å². The Balaban J connectivity index is 2.52. The van der Waals surface area contributed by atoms with E-state index in [1.165, 1.54) is 6.07 Å². The summed E-state index contributed by atoms with van der Waals surface area (Å²) in [5.74, 6) is -0.628. The molecule has 1 atom stereocenters. The highest BCUT2D eigenvalue weighted by atomic mass is 16.6. The largest absolute Gasteiger partial charge is 0.481 e. The highest BCUT2D eigenvalue weighted by Gasteiger charge is 2.07.